The molecule has 0 amide bonds. The third-order valence-electron chi connectivity index (χ3n) is 4.44. The smallest absolute Gasteiger partial charge is 0.196 e. The number of aryl methyl sites for hydroxylation is 1. The topological polar surface area (TPSA) is 57.6 Å². The van der Waals surface area contributed by atoms with Crippen molar-refractivity contribution < 1.29 is 14.8 Å². The number of carbonyl (C=O) groups is 2. The van der Waals surface area contributed by atoms with Crippen molar-refractivity contribution in [2.75, 3.05) is 5.06 Å². The second kappa shape index (κ2) is 5.69. The molecule has 3 aromatic carbocycles. The van der Waals surface area contributed by atoms with Crippen LogP contribution in [0.4, 0.5) is 11.4 Å². The number of ketones is 2. The van der Waals surface area contributed by atoms with Crippen LogP contribution < -0.4 is 5.06 Å². The lowest BCUT2D eigenvalue weighted by Gasteiger charge is -2.24. The van der Waals surface area contributed by atoms with Gasteiger partial charge in [-0.3, -0.25) is 14.8 Å². The lowest BCUT2D eigenvalue weighted by atomic mass is 9.83. The van der Waals surface area contributed by atoms with Gasteiger partial charge in [-0.1, -0.05) is 54.1 Å². The van der Waals surface area contributed by atoms with Crippen LogP contribution in [0.5, 0.6) is 0 Å². The Kier molecular flexibility index (Phi) is 3.48. The van der Waals surface area contributed by atoms with Crippen molar-refractivity contribution in [3.8, 4) is 0 Å². The Bertz CT molecular complexity index is 1010. The highest BCUT2D eigenvalue weighted by Gasteiger charge is 2.32. The molecule has 0 bridgehead atoms. The van der Waals surface area contributed by atoms with Crippen LogP contribution in [0.2, 0.25) is 0 Å². The summed E-state index contributed by atoms with van der Waals surface area (Å²) in [5.41, 5.74) is 3.20. The molecule has 4 rings (SSSR count). The molecule has 0 saturated carbocycles. The van der Waals surface area contributed by atoms with Crippen LogP contribution in [0.1, 0.15) is 37.4 Å². The summed E-state index contributed by atoms with van der Waals surface area (Å²) in [5.74, 6) is -0.462. The molecule has 4 nitrogen and oxygen atoms in total. The minimum absolute atomic E-state index is 0.204. The molecule has 0 atom stereocenters. The zero-order valence-corrected chi connectivity index (χ0v) is 13.6. The first-order valence-corrected chi connectivity index (χ1v) is 7.95. The van der Waals surface area contributed by atoms with Crippen LogP contribution in [-0.2, 0) is 0 Å². The highest BCUT2D eigenvalue weighted by molar-refractivity contribution is 6.30. The molecule has 0 radical (unpaired) electrons. The Balaban J connectivity index is 1.89. The van der Waals surface area contributed by atoms with Gasteiger partial charge in [-0.2, -0.15) is 0 Å². The summed E-state index contributed by atoms with van der Waals surface area (Å²) in [6, 6.07) is 19.0. The van der Waals surface area contributed by atoms with Crippen molar-refractivity contribution >= 4 is 22.9 Å². The van der Waals surface area contributed by atoms with Crippen molar-refractivity contribution in [3.63, 3.8) is 0 Å². The second-order valence-corrected chi connectivity index (χ2v) is 6.05. The third kappa shape index (κ3) is 2.35. The van der Waals surface area contributed by atoms with E-state index in [2.05, 4.69) is 0 Å². The van der Waals surface area contributed by atoms with Gasteiger partial charge in [0.25, 0.3) is 0 Å². The van der Waals surface area contributed by atoms with E-state index >= 15 is 0 Å². The fourth-order valence-corrected chi connectivity index (χ4v) is 3.13. The SMILES string of the molecule is Cc1ccc(N(O)c2cccc3c2C(=O)c2ccccc2C3=O)cc1. The molecule has 1 aliphatic rings. The van der Waals surface area contributed by atoms with E-state index in [0.29, 0.717) is 28.1 Å². The quantitative estimate of drug-likeness (QED) is 0.557. The highest BCUT2D eigenvalue weighted by atomic mass is 16.5. The van der Waals surface area contributed by atoms with E-state index in [1.54, 1.807) is 54.6 Å². The van der Waals surface area contributed by atoms with Crippen molar-refractivity contribution in [1.82, 2.24) is 0 Å². The predicted octanol–water partition coefficient (Wildman–Crippen LogP) is 4.30. The molecule has 0 spiro atoms. The molecule has 4 heteroatoms. The van der Waals surface area contributed by atoms with E-state index in [4.69, 9.17) is 0 Å². The van der Waals surface area contributed by atoms with Gasteiger partial charge in [-0.05, 0) is 25.1 Å². The molecule has 0 fully saturated rings. The lowest BCUT2D eigenvalue weighted by Crippen LogP contribution is -2.24. The van der Waals surface area contributed by atoms with Gasteiger partial charge in [0.2, 0.25) is 0 Å². The van der Waals surface area contributed by atoms with Crippen LogP contribution in [-0.4, -0.2) is 16.8 Å². The number of nitrogens with zero attached hydrogens (tertiary/aromatic N) is 1. The van der Waals surface area contributed by atoms with Crippen molar-refractivity contribution in [1.29, 1.82) is 0 Å². The van der Waals surface area contributed by atoms with E-state index in [-0.39, 0.29) is 17.1 Å². The first-order chi connectivity index (χ1) is 12.1. The average molecular weight is 329 g/mol. The molecule has 0 aliphatic heterocycles. The normalized spacial score (nSPS) is 12.6. The highest BCUT2D eigenvalue weighted by Crippen LogP contribution is 2.35. The summed E-state index contributed by atoms with van der Waals surface area (Å²) in [7, 11) is 0. The molecule has 0 unspecified atom stereocenters. The largest absolute Gasteiger partial charge is 0.289 e. The second-order valence-electron chi connectivity index (χ2n) is 6.05. The number of anilines is 2. The third-order valence-corrected chi connectivity index (χ3v) is 4.44. The van der Waals surface area contributed by atoms with Gasteiger partial charge in [0.15, 0.2) is 11.6 Å². The molecule has 3 aromatic rings. The standard InChI is InChI=1S/C21H15NO3/c1-13-9-11-14(12-10-13)22(25)18-8-4-7-17-19(18)21(24)16-6-3-2-5-15(16)20(17)23/h2-12,25H,1H3. The molecule has 1 aliphatic carbocycles. The maximum atomic E-state index is 13.0. The van der Waals surface area contributed by atoms with E-state index in [1.165, 1.54) is 0 Å². The van der Waals surface area contributed by atoms with Crippen molar-refractivity contribution in [2.45, 2.75) is 6.92 Å². The van der Waals surface area contributed by atoms with Gasteiger partial charge < -0.3 is 0 Å². The Labute approximate surface area is 144 Å². The van der Waals surface area contributed by atoms with Gasteiger partial charge >= 0.3 is 0 Å². The number of carbonyl (C=O) groups excluding carboxylic acids is 2. The fraction of sp³-hybridized carbons (Fsp3) is 0.0476. The van der Waals surface area contributed by atoms with Gasteiger partial charge in [0.05, 0.1) is 16.9 Å². The lowest BCUT2D eigenvalue weighted by molar-refractivity contribution is 0.0978. The van der Waals surface area contributed by atoms with Gasteiger partial charge in [0.1, 0.15) is 0 Å². The minimum atomic E-state index is -0.257. The predicted molar refractivity (Wildman–Crippen MR) is 94.9 cm³/mol. The maximum Gasteiger partial charge on any atom is 0.196 e. The van der Waals surface area contributed by atoms with E-state index in [0.717, 1.165) is 10.6 Å². The molecular weight excluding hydrogens is 314 g/mol. The van der Waals surface area contributed by atoms with Crippen LogP contribution in [0.25, 0.3) is 0 Å². The van der Waals surface area contributed by atoms with Crippen LogP contribution in [0.15, 0.2) is 66.7 Å². The van der Waals surface area contributed by atoms with Crippen molar-refractivity contribution in [3.05, 3.63) is 94.5 Å². The monoisotopic (exact) mass is 329 g/mol. The Hall–Kier alpha value is -3.24. The molecule has 0 heterocycles. The number of benzene rings is 3. The first kappa shape index (κ1) is 15.3. The Morgan fingerprint density at radius 2 is 1.32 bits per heavy atom. The van der Waals surface area contributed by atoms with E-state index < -0.39 is 0 Å². The summed E-state index contributed by atoms with van der Waals surface area (Å²) in [6.07, 6.45) is 0. The Morgan fingerprint density at radius 1 is 0.720 bits per heavy atom. The number of rotatable bonds is 2. The van der Waals surface area contributed by atoms with Gasteiger partial charge in [-0.15, -0.1) is 0 Å². The minimum Gasteiger partial charge on any atom is -0.289 e. The molecule has 25 heavy (non-hydrogen) atoms. The average Bonchev–Trinajstić information content (AvgIpc) is 2.65. The molecular formula is C21H15NO3. The molecule has 0 aromatic heterocycles. The number of hydrogen-bond acceptors (Lipinski definition) is 4. The molecule has 1 N–H and O–H groups in total. The maximum absolute atomic E-state index is 13.0. The summed E-state index contributed by atoms with van der Waals surface area (Å²) in [5, 5.41) is 11.6. The summed E-state index contributed by atoms with van der Waals surface area (Å²) < 4.78 is 0. The van der Waals surface area contributed by atoms with Crippen LogP contribution >= 0.6 is 0 Å². The fourth-order valence-electron chi connectivity index (χ4n) is 3.13. The summed E-state index contributed by atoms with van der Waals surface area (Å²) >= 11 is 0. The van der Waals surface area contributed by atoms with Crippen LogP contribution in [0.3, 0.4) is 0 Å². The zero-order chi connectivity index (χ0) is 17.6. The van der Waals surface area contributed by atoms with Gasteiger partial charge in [-0.25, -0.2) is 5.06 Å². The van der Waals surface area contributed by atoms with E-state index in [1.807, 2.05) is 19.1 Å². The van der Waals surface area contributed by atoms with Crippen LogP contribution in [0, 0.1) is 6.92 Å². The van der Waals surface area contributed by atoms with Gasteiger partial charge in [0, 0.05) is 16.7 Å². The summed E-state index contributed by atoms with van der Waals surface area (Å²) in [6.45, 7) is 1.95. The van der Waals surface area contributed by atoms with Crippen molar-refractivity contribution in [2.24, 2.45) is 0 Å². The Morgan fingerprint density at radius 3 is 2.00 bits per heavy atom. The first-order valence-electron chi connectivity index (χ1n) is 7.95. The molecule has 0 saturated heterocycles. The number of fused-ring (bicyclic) bond motifs is 2. The summed E-state index contributed by atoms with van der Waals surface area (Å²) in [4.78, 5) is 25.7. The number of hydrogen-bond donors (Lipinski definition) is 1. The zero-order valence-electron chi connectivity index (χ0n) is 13.6. The van der Waals surface area contributed by atoms with E-state index in [9.17, 15) is 14.8 Å². The molecule has 122 valence electrons.